The zero-order chi connectivity index (χ0) is 16.1. The molecule has 2 aromatic rings. The molecular weight excluding hydrogens is 342 g/mol. The third-order valence-corrected chi connectivity index (χ3v) is 5.35. The van der Waals surface area contributed by atoms with Crippen LogP contribution in [0.2, 0.25) is 0 Å². The molecule has 0 amide bonds. The van der Waals surface area contributed by atoms with Crippen LogP contribution in [-0.4, -0.2) is 48.1 Å². The summed E-state index contributed by atoms with van der Waals surface area (Å²) in [6, 6.07) is 6.75. The standard InChI is InChI=1S/C17H25N5S.ClH/c1-21(2)17-20-12-16(23-17)11-19-14-6-9-22(10-7-14)13-15-5-3-4-8-18-15;/h3-5,8,12,14,19H,6-7,9-11,13H2,1-2H3;1H. The van der Waals surface area contributed by atoms with Crippen molar-refractivity contribution in [3.05, 3.63) is 41.2 Å². The van der Waals surface area contributed by atoms with Crippen LogP contribution in [0.15, 0.2) is 30.6 Å². The molecule has 1 aliphatic rings. The quantitative estimate of drug-likeness (QED) is 0.850. The van der Waals surface area contributed by atoms with Crippen LogP contribution in [0.5, 0.6) is 0 Å². The fraction of sp³-hybridized carbons (Fsp3) is 0.529. The number of halogens is 1. The van der Waals surface area contributed by atoms with Crippen molar-refractivity contribution in [3.63, 3.8) is 0 Å². The van der Waals surface area contributed by atoms with E-state index in [4.69, 9.17) is 0 Å². The molecule has 132 valence electrons. The second-order valence-corrected chi connectivity index (χ2v) is 7.35. The van der Waals surface area contributed by atoms with E-state index in [0.717, 1.165) is 31.3 Å². The zero-order valence-corrected chi connectivity index (χ0v) is 15.9. The van der Waals surface area contributed by atoms with E-state index in [-0.39, 0.29) is 12.4 Å². The number of hydrogen-bond acceptors (Lipinski definition) is 6. The van der Waals surface area contributed by atoms with E-state index >= 15 is 0 Å². The van der Waals surface area contributed by atoms with E-state index in [1.54, 1.807) is 11.3 Å². The maximum Gasteiger partial charge on any atom is 0.185 e. The van der Waals surface area contributed by atoms with Gasteiger partial charge in [-0.05, 0) is 25.0 Å². The van der Waals surface area contributed by atoms with Crippen LogP contribution in [0.1, 0.15) is 23.4 Å². The lowest BCUT2D eigenvalue weighted by Crippen LogP contribution is -2.41. The number of rotatable bonds is 6. The van der Waals surface area contributed by atoms with Crippen LogP contribution in [-0.2, 0) is 13.1 Å². The summed E-state index contributed by atoms with van der Waals surface area (Å²) in [6.07, 6.45) is 6.27. The molecule has 0 bridgehead atoms. The molecule has 0 aromatic carbocycles. The molecule has 0 saturated carbocycles. The van der Waals surface area contributed by atoms with Crippen molar-refractivity contribution in [1.82, 2.24) is 20.2 Å². The number of pyridine rings is 1. The Morgan fingerprint density at radius 1 is 1.25 bits per heavy atom. The summed E-state index contributed by atoms with van der Waals surface area (Å²) in [5.74, 6) is 0. The number of aromatic nitrogens is 2. The van der Waals surface area contributed by atoms with Gasteiger partial charge in [-0.1, -0.05) is 6.07 Å². The molecule has 1 saturated heterocycles. The van der Waals surface area contributed by atoms with Crippen molar-refractivity contribution < 1.29 is 0 Å². The molecule has 5 nitrogen and oxygen atoms in total. The first kappa shape index (κ1) is 19.1. The average Bonchev–Trinajstić information content (AvgIpc) is 3.04. The monoisotopic (exact) mass is 367 g/mol. The highest BCUT2D eigenvalue weighted by molar-refractivity contribution is 7.15. The summed E-state index contributed by atoms with van der Waals surface area (Å²) in [4.78, 5) is 14.7. The fourth-order valence-electron chi connectivity index (χ4n) is 2.85. The molecule has 3 heterocycles. The number of nitrogens with one attached hydrogen (secondary N) is 1. The second-order valence-electron chi connectivity index (χ2n) is 6.26. The van der Waals surface area contributed by atoms with Crippen molar-refractivity contribution in [3.8, 4) is 0 Å². The lowest BCUT2D eigenvalue weighted by Gasteiger charge is -2.32. The van der Waals surface area contributed by atoms with Crippen molar-refractivity contribution >= 4 is 28.9 Å². The van der Waals surface area contributed by atoms with Gasteiger partial charge in [-0.25, -0.2) is 4.98 Å². The van der Waals surface area contributed by atoms with E-state index in [0.29, 0.717) is 6.04 Å². The van der Waals surface area contributed by atoms with Gasteiger partial charge in [-0.3, -0.25) is 9.88 Å². The van der Waals surface area contributed by atoms with E-state index in [1.807, 2.05) is 32.6 Å². The molecule has 1 aliphatic heterocycles. The predicted octanol–water partition coefficient (Wildman–Crippen LogP) is 2.78. The first-order valence-corrected chi connectivity index (χ1v) is 9.00. The van der Waals surface area contributed by atoms with E-state index in [1.165, 1.54) is 23.4 Å². The topological polar surface area (TPSA) is 44.3 Å². The summed E-state index contributed by atoms with van der Waals surface area (Å²) < 4.78 is 0. The second kappa shape index (κ2) is 9.32. The van der Waals surface area contributed by atoms with Crippen LogP contribution in [0.25, 0.3) is 0 Å². The highest BCUT2D eigenvalue weighted by atomic mass is 35.5. The fourth-order valence-corrected chi connectivity index (χ4v) is 3.63. The zero-order valence-electron chi connectivity index (χ0n) is 14.3. The molecule has 7 heteroatoms. The molecule has 0 radical (unpaired) electrons. The Bertz CT molecular complexity index is 596. The van der Waals surface area contributed by atoms with Gasteiger partial charge in [0.1, 0.15) is 0 Å². The Balaban J connectivity index is 0.00000208. The molecular formula is C17H26ClN5S. The Morgan fingerprint density at radius 2 is 2.04 bits per heavy atom. The van der Waals surface area contributed by atoms with Crippen LogP contribution in [0.4, 0.5) is 5.13 Å². The minimum atomic E-state index is 0. The van der Waals surface area contributed by atoms with E-state index in [2.05, 4.69) is 37.2 Å². The van der Waals surface area contributed by atoms with Crippen molar-refractivity contribution in [2.75, 3.05) is 32.1 Å². The largest absolute Gasteiger partial charge is 0.354 e. The number of hydrogen-bond donors (Lipinski definition) is 1. The van der Waals surface area contributed by atoms with Crippen molar-refractivity contribution in [2.45, 2.75) is 32.0 Å². The van der Waals surface area contributed by atoms with Crippen LogP contribution in [0.3, 0.4) is 0 Å². The molecule has 1 fully saturated rings. The van der Waals surface area contributed by atoms with Crippen molar-refractivity contribution in [1.29, 1.82) is 0 Å². The molecule has 2 aromatic heterocycles. The van der Waals surface area contributed by atoms with Crippen molar-refractivity contribution in [2.24, 2.45) is 0 Å². The molecule has 0 aliphatic carbocycles. The summed E-state index contributed by atoms with van der Waals surface area (Å²) in [7, 11) is 4.07. The molecule has 1 N–H and O–H groups in total. The Kier molecular flexibility index (Phi) is 7.42. The predicted molar refractivity (Wildman–Crippen MR) is 103 cm³/mol. The maximum absolute atomic E-state index is 4.43. The molecule has 0 atom stereocenters. The van der Waals surface area contributed by atoms with Crippen LogP contribution >= 0.6 is 23.7 Å². The normalized spacial score (nSPS) is 15.9. The molecule has 0 unspecified atom stereocenters. The van der Waals surface area contributed by atoms with E-state index in [9.17, 15) is 0 Å². The third kappa shape index (κ3) is 5.41. The lowest BCUT2D eigenvalue weighted by molar-refractivity contribution is 0.188. The molecule has 24 heavy (non-hydrogen) atoms. The van der Waals surface area contributed by atoms with Gasteiger partial charge in [0.2, 0.25) is 0 Å². The van der Waals surface area contributed by atoms with Gasteiger partial charge in [-0.2, -0.15) is 0 Å². The summed E-state index contributed by atoms with van der Waals surface area (Å²) >= 11 is 1.77. The van der Waals surface area contributed by atoms with E-state index < -0.39 is 0 Å². The lowest BCUT2D eigenvalue weighted by atomic mass is 10.0. The van der Waals surface area contributed by atoms with Gasteiger partial charge >= 0.3 is 0 Å². The SMILES string of the molecule is CN(C)c1ncc(CNC2CCN(Cc3ccccn3)CC2)s1.Cl. The summed E-state index contributed by atoms with van der Waals surface area (Å²) in [5, 5.41) is 4.76. The molecule has 3 rings (SSSR count). The van der Waals surface area contributed by atoms with Gasteiger partial charge in [0.05, 0.1) is 5.69 Å². The van der Waals surface area contributed by atoms with Crippen LogP contribution < -0.4 is 10.2 Å². The highest BCUT2D eigenvalue weighted by Crippen LogP contribution is 2.21. The summed E-state index contributed by atoms with van der Waals surface area (Å²) in [6.45, 7) is 4.17. The van der Waals surface area contributed by atoms with Gasteiger partial charge in [0, 0.05) is 63.6 Å². The van der Waals surface area contributed by atoms with Gasteiger partial charge in [0.15, 0.2) is 5.13 Å². The number of piperidine rings is 1. The first-order chi connectivity index (χ1) is 11.2. The Morgan fingerprint density at radius 3 is 2.67 bits per heavy atom. The number of nitrogens with zero attached hydrogens (tertiary/aromatic N) is 4. The maximum atomic E-state index is 4.43. The minimum Gasteiger partial charge on any atom is -0.354 e. The average molecular weight is 368 g/mol. The smallest absolute Gasteiger partial charge is 0.185 e. The number of likely N-dealkylation sites (tertiary alicyclic amines) is 1. The third-order valence-electron chi connectivity index (χ3n) is 4.19. The number of anilines is 1. The minimum absolute atomic E-state index is 0. The number of thiazole rings is 1. The molecule has 0 spiro atoms. The Hall–Kier alpha value is -1.21. The summed E-state index contributed by atoms with van der Waals surface area (Å²) in [5.41, 5.74) is 1.17. The van der Waals surface area contributed by atoms with Gasteiger partial charge in [-0.15, -0.1) is 23.7 Å². The van der Waals surface area contributed by atoms with Crippen LogP contribution in [0, 0.1) is 0 Å². The van der Waals surface area contributed by atoms with Gasteiger partial charge in [0.25, 0.3) is 0 Å². The first-order valence-electron chi connectivity index (χ1n) is 8.18. The Labute approximate surface area is 154 Å². The van der Waals surface area contributed by atoms with Gasteiger partial charge < -0.3 is 10.2 Å². The highest BCUT2D eigenvalue weighted by Gasteiger charge is 2.19.